The Kier molecular flexibility index (Phi) is 8.12. The highest BCUT2D eigenvalue weighted by molar-refractivity contribution is 7.99. The predicted octanol–water partition coefficient (Wildman–Crippen LogP) is 1.24. The van der Waals surface area contributed by atoms with Crippen LogP contribution in [0.4, 0.5) is 0 Å². The summed E-state index contributed by atoms with van der Waals surface area (Å²) in [6.45, 7) is 9.26. The summed E-state index contributed by atoms with van der Waals surface area (Å²) in [5.41, 5.74) is 2.11. The molecule has 1 fully saturated rings. The number of ether oxygens (including phenoxy) is 1. The molecule has 1 saturated heterocycles. The number of thioether (sulfide) groups is 1. The first kappa shape index (κ1) is 21.1. The van der Waals surface area contributed by atoms with Crippen LogP contribution in [-0.4, -0.2) is 65.5 Å². The Bertz CT molecular complexity index is 744. The summed E-state index contributed by atoms with van der Waals surface area (Å²) in [5, 5.41) is 3.50. The second-order valence-corrected chi connectivity index (χ2v) is 8.14. The van der Waals surface area contributed by atoms with Crippen molar-refractivity contribution in [1.82, 2.24) is 19.8 Å². The largest absolute Gasteiger partial charge is 0.379 e. The molecule has 0 bridgehead atoms. The summed E-state index contributed by atoms with van der Waals surface area (Å²) in [5.74, 6) is 0.208. The van der Waals surface area contributed by atoms with E-state index in [4.69, 9.17) is 4.74 Å². The lowest BCUT2D eigenvalue weighted by atomic mass is 9.97. The molecule has 0 unspecified atom stereocenters. The van der Waals surface area contributed by atoms with E-state index in [1.165, 1.54) is 17.3 Å². The van der Waals surface area contributed by atoms with Crippen LogP contribution in [0, 0.1) is 0 Å². The Morgan fingerprint density at radius 1 is 1.25 bits per heavy atom. The fourth-order valence-corrected chi connectivity index (χ4v) is 4.65. The number of morpholine rings is 1. The summed E-state index contributed by atoms with van der Waals surface area (Å²) in [6, 6.07) is 0. The van der Waals surface area contributed by atoms with Gasteiger partial charge in [-0.15, -0.1) is 6.58 Å². The molecule has 1 aliphatic carbocycles. The molecule has 1 aliphatic heterocycles. The quantitative estimate of drug-likeness (QED) is 0.378. The van der Waals surface area contributed by atoms with Crippen LogP contribution >= 0.6 is 11.8 Å². The van der Waals surface area contributed by atoms with Crippen LogP contribution in [0.25, 0.3) is 0 Å². The van der Waals surface area contributed by atoms with Crippen LogP contribution in [0.15, 0.2) is 22.5 Å². The van der Waals surface area contributed by atoms with E-state index in [0.29, 0.717) is 13.1 Å². The number of rotatable bonds is 9. The highest BCUT2D eigenvalue weighted by atomic mass is 32.2. The minimum absolute atomic E-state index is 0.0639. The first-order chi connectivity index (χ1) is 13.7. The highest BCUT2D eigenvalue weighted by Crippen LogP contribution is 2.28. The molecule has 154 valence electrons. The van der Waals surface area contributed by atoms with E-state index in [2.05, 4.69) is 21.8 Å². The zero-order valence-corrected chi connectivity index (χ0v) is 17.3. The molecule has 1 amide bonds. The van der Waals surface area contributed by atoms with Gasteiger partial charge in [-0.1, -0.05) is 17.8 Å². The summed E-state index contributed by atoms with van der Waals surface area (Å²) in [4.78, 5) is 31.3. The number of nitrogens with one attached hydrogen (secondary N) is 1. The summed E-state index contributed by atoms with van der Waals surface area (Å²) in [7, 11) is 0. The van der Waals surface area contributed by atoms with E-state index in [9.17, 15) is 9.59 Å². The van der Waals surface area contributed by atoms with E-state index < -0.39 is 0 Å². The van der Waals surface area contributed by atoms with Crippen LogP contribution in [-0.2, 0) is 28.9 Å². The van der Waals surface area contributed by atoms with Gasteiger partial charge in [0.1, 0.15) is 5.03 Å². The summed E-state index contributed by atoms with van der Waals surface area (Å²) in [6.07, 6.45) is 6.65. The topological polar surface area (TPSA) is 76.5 Å². The molecule has 28 heavy (non-hydrogen) atoms. The summed E-state index contributed by atoms with van der Waals surface area (Å²) >= 11 is 1.37. The van der Waals surface area contributed by atoms with Crippen molar-refractivity contribution in [2.45, 2.75) is 43.7 Å². The molecule has 3 rings (SSSR count). The van der Waals surface area contributed by atoms with Crippen molar-refractivity contribution in [1.29, 1.82) is 0 Å². The number of nitrogens with zero attached hydrogens (tertiary/aromatic N) is 3. The van der Waals surface area contributed by atoms with Gasteiger partial charge in [0, 0.05) is 44.0 Å². The van der Waals surface area contributed by atoms with Crippen LogP contribution in [0.1, 0.15) is 30.5 Å². The van der Waals surface area contributed by atoms with E-state index in [0.717, 1.165) is 75.7 Å². The van der Waals surface area contributed by atoms with Crippen molar-refractivity contribution in [2.75, 3.05) is 45.1 Å². The minimum atomic E-state index is -0.184. The average Bonchev–Trinajstić information content (AvgIpc) is 2.73. The number of amides is 1. The van der Waals surface area contributed by atoms with Gasteiger partial charge >= 0.3 is 5.69 Å². The Morgan fingerprint density at radius 3 is 2.82 bits per heavy atom. The van der Waals surface area contributed by atoms with Crippen molar-refractivity contribution < 1.29 is 9.53 Å². The van der Waals surface area contributed by atoms with E-state index in [-0.39, 0.29) is 17.3 Å². The molecule has 0 radical (unpaired) electrons. The maximum Gasteiger partial charge on any atom is 0.348 e. The van der Waals surface area contributed by atoms with Crippen LogP contribution in [0.5, 0.6) is 0 Å². The Hall–Kier alpha value is -1.64. The summed E-state index contributed by atoms with van der Waals surface area (Å²) < 4.78 is 7.26. The van der Waals surface area contributed by atoms with Gasteiger partial charge in [-0.2, -0.15) is 4.98 Å². The third-order valence-corrected chi connectivity index (χ3v) is 6.21. The number of aromatic nitrogens is 2. The Labute approximate surface area is 170 Å². The van der Waals surface area contributed by atoms with Gasteiger partial charge in [0.05, 0.1) is 19.0 Å². The molecule has 0 spiro atoms. The molecule has 1 N–H and O–H groups in total. The molecule has 2 aliphatic rings. The zero-order valence-electron chi connectivity index (χ0n) is 16.5. The highest BCUT2D eigenvalue weighted by Gasteiger charge is 2.21. The lowest BCUT2D eigenvalue weighted by Crippen LogP contribution is -2.38. The van der Waals surface area contributed by atoms with Gasteiger partial charge in [-0.25, -0.2) is 4.79 Å². The second kappa shape index (κ2) is 10.8. The van der Waals surface area contributed by atoms with Crippen molar-refractivity contribution in [3.8, 4) is 0 Å². The minimum Gasteiger partial charge on any atom is -0.379 e. The maximum absolute atomic E-state index is 12.7. The van der Waals surface area contributed by atoms with Gasteiger partial charge in [-0.05, 0) is 32.1 Å². The van der Waals surface area contributed by atoms with Crippen LogP contribution in [0.2, 0.25) is 0 Å². The molecule has 0 atom stereocenters. The first-order valence-electron chi connectivity index (χ1n) is 10.1. The fourth-order valence-electron chi connectivity index (χ4n) is 3.75. The number of carbonyl (C=O) groups excluding carboxylic acids is 1. The molecular weight excluding hydrogens is 376 g/mol. The standard InChI is InChI=1S/C20H30N4O3S/c1-2-8-21-18(25)15-28-19-16-6-3-4-7-17(16)24(20(26)22-19)10-5-9-23-11-13-27-14-12-23/h2H,1,3-15H2,(H,21,25). The van der Waals surface area contributed by atoms with Gasteiger partial charge in [0.15, 0.2) is 0 Å². The number of carbonyl (C=O) groups is 1. The van der Waals surface area contributed by atoms with Gasteiger partial charge < -0.3 is 10.1 Å². The lowest BCUT2D eigenvalue weighted by Gasteiger charge is -2.27. The molecule has 0 aromatic carbocycles. The maximum atomic E-state index is 12.7. The van der Waals surface area contributed by atoms with Crippen molar-refractivity contribution in [3.05, 3.63) is 34.4 Å². The molecule has 8 heteroatoms. The van der Waals surface area contributed by atoms with Crippen molar-refractivity contribution in [3.63, 3.8) is 0 Å². The molecule has 1 aromatic heterocycles. The first-order valence-corrected chi connectivity index (χ1v) is 11.1. The Balaban J connectivity index is 1.66. The second-order valence-electron chi connectivity index (χ2n) is 7.17. The lowest BCUT2D eigenvalue weighted by molar-refractivity contribution is -0.118. The van der Waals surface area contributed by atoms with Crippen molar-refractivity contribution in [2.24, 2.45) is 0 Å². The normalized spacial score (nSPS) is 17.1. The Morgan fingerprint density at radius 2 is 2.04 bits per heavy atom. The predicted molar refractivity (Wildman–Crippen MR) is 111 cm³/mol. The SMILES string of the molecule is C=CCNC(=O)CSc1nc(=O)n(CCCN2CCOCC2)c2c1CCCC2. The smallest absolute Gasteiger partial charge is 0.348 e. The third-order valence-electron chi connectivity index (χ3n) is 5.19. The third kappa shape index (κ3) is 5.68. The van der Waals surface area contributed by atoms with E-state index in [1.54, 1.807) is 6.08 Å². The van der Waals surface area contributed by atoms with E-state index in [1.807, 2.05) is 4.57 Å². The van der Waals surface area contributed by atoms with Gasteiger partial charge in [0.2, 0.25) is 5.91 Å². The average molecular weight is 407 g/mol. The molecule has 0 saturated carbocycles. The van der Waals surface area contributed by atoms with E-state index >= 15 is 0 Å². The monoisotopic (exact) mass is 406 g/mol. The molecule has 1 aromatic rings. The fraction of sp³-hybridized carbons (Fsp3) is 0.650. The van der Waals surface area contributed by atoms with Crippen LogP contribution < -0.4 is 11.0 Å². The van der Waals surface area contributed by atoms with Gasteiger partial charge in [-0.3, -0.25) is 14.3 Å². The molecule has 2 heterocycles. The number of hydrogen-bond donors (Lipinski definition) is 1. The number of hydrogen-bond acceptors (Lipinski definition) is 6. The van der Waals surface area contributed by atoms with Crippen LogP contribution in [0.3, 0.4) is 0 Å². The zero-order chi connectivity index (χ0) is 19.8. The molecule has 7 nitrogen and oxygen atoms in total. The molecular formula is C20H30N4O3S. The number of fused-ring (bicyclic) bond motifs is 1. The van der Waals surface area contributed by atoms with Crippen molar-refractivity contribution >= 4 is 17.7 Å². The van der Waals surface area contributed by atoms with Gasteiger partial charge in [0.25, 0.3) is 0 Å².